The van der Waals surface area contributed by atoms with Crippen LogP contribution < -0.4 is 11.5 Å². The van der Waals surface area contributed by atoms with Crippen LogP contribution in [0.25, 0.3) is 0 Å². The first-order valence-corrected chi connectivity index (χ1v) is 7.75. The fourth-order valence-corrected chi connectivity index (χ4v) is 2.91. The quantitative estimate of drug-likeness (QED) is 0.366. The Hall–Kier alpha value is -0.410. The van der Waals surface area contributed by atoms with E-state index in [-0.39, 0.29) is 10.3 Å². The molecule has 0 unspecified atom stereocenters. The molecule has 4 nitrogen and oxygen atoms in total. The Morgan fingerprint density at radius 3 is 2.12 bits per heavy atom. The largest absolute Gasteiger partial charge is 0.379 e. The lowest BCUT2D eigenvalue weighted by atomic mass is 10.1. The number of nitrogens with two attached hydrogens (primary N) is 2. The van der Waals surface area contributed by atoms with Crippen molar-refractivity contribution in [3.8, 4) is 0 Å². The molecule has 0 aliphatic rings. The van der Waals surface area contributed by atoms with Crippen LogP contribution in [-0.2, 0) is 11.5 Å². The molecule has 1 aromatic carbocycles. The Morgan fingerprint density at radius 2 is 1.59 bits per heavy atom. The molecule has 0 atom stereocenters. The van der Waals surface area contributed by atoms with Crippen molar-refractivity contribution in [3.63, 3.8) is 0 Å². The molecule has 0 heterocycles. The van der Waals surface area contributed by atoms with Crippen molar-refractivity contribution < 1.29 is 0 Å². The van der Waals surface area contributed by atoms with Crippen LogP contribution in [0.2, 0.25) is 0 Å². The molecule has 0 fully saturated rings. The average molecular weight is 380 g/mol. The molecule has 0 spiro atoms. The summed E-state index contributed by atoms with van der Waals surface area (Å²) in [7, 11) is 0. The molecule has 0 aromatic heterocycles. The van der Waals surface area contributed by atoms with Gasteiger partial charge in [-0.2, -0.15) is 0 Å². The Balaban J connectivity index is 2.79. The van der Waals surface area contributed by atoms with Crippen molar-refractivity contribution in [3.05, 3.63) is 32.9 Å². The monoisotopic (exact) mass is 380 g/mol. The lowest BCUT2D eigenvalue weighted by molar-refractivity contribution is 1.28. The van der Waals surface area contributed by atoms with Gasteiger partial charge in [0.2, 0.25) is 0 Å². The molecule has 0 saturated carbocycles. The molecule has 1 aromatic rings. The van der Waals surface area contributed by atoms with E-state index < -0.39 is 0 Å². The maximum absolute atomic E-state index is 7.22. The minimum atomic E-state index is 0.119. The van der Waals surface area contributed by atoms with E-state index in [4.69, 9.17) is 22.3 Å². The zero-order chi connectivity index (χ0) is 12.8. The highest BCUT2D eigenvalue weighted by Crippen LogP contribution is 2.23. The minimum Gasteiger partial charge on any atom is -0.379 e. The zero-order valence-electron chi connectivity index (χ0n) is 9.00. The van der Waals surface area contributed by atoms with Crippen LogP contribution in [0, 0.1) is 14.4 Å². The van der Waals surface area contributed by atoms with Crippen molar-refractivity contribution in [2.24, 2.45) is 11.5 Å². The molecule has 0 amide bonds. The number of hydrogen-bond donors (Lipinski definition) is 4. The summed E-state index contributed by atoms with van der Waals surface area (Å²) in [6.45, 7) is 0. The third-order valence-corrected chi connectivity index (χ3v) is 4.14. The predicted octanol–water partition coefficient (Wildman–Crippen LogP) is 2.54. The van der Waals surface area contributed by atoms with Gasteiger partial charge in [-0.05, 0) is 45.9 Å². The fraction of sp³-hybridized carbons (Fsp3) is 0.200. The van der Waals surface area contributed by atoms with Gasteiger partial charge < -0.3 is 11.5 Å². The SMILES string of the molecule is N=C(N)SCc1ccc(I)cc1CSC(=N)N. The summed E-state index contributed by atoms with van der Waals surface area (Å²) in [6.07, 6.45) is 0. The van der Waals surface area contributed by atoms with E-state index in [0.29, 0.717) is 11.5 Å². The summed E-state index contributed by atoms with van der Waals surface area (Å²) in [5.74, 6) is 1.36. The third kappa shape index (κ3) is 5.64. The summed E-state index contributed by atoms with van der Waals surface area (Å²) in [6, 6.07) is 6.14. The van der Waals surface area contributed by atoms with Crippen molar-refractivity contribution in [2.45, 2.75) is 11.5 Å². The summed E-state index contributed by atoms with van der Waals surface area (Å²) < 4.78 is 1.15. The average Bonchev–Trinajstić information content (AvgIpc) is 2.24. The predicted molar refractivity (Wildman–Crippen MR) is 85.6 cm³/mol. The molecule has 1 rings (SSSR count). The van der Waals surface area contributed by atoms with E-state index in [1.807, 2.05) is 12.1 Å². The van der Waals surface area contributed by atoms with Gasteiger partial charge in [0.25, 0.3) is 0 Å². The van der Waals surface area contributed by atoms with Crippen molar-refractivity contribution in [1.82, 2.24) is 0 Å². The Bertz CT molecular complexity index is 436. The van der Waals surface area contributed by atoms with Crippen LogP contribution in [0.1, 0.15) is 11.1 Å². The standard InChI is InChI=1S/C10H13IN4S2/c11-8-2-1-6(4-16-9(12)13)7(3-8)5-17-10(14)15/h1-3H,4-5H2,(H3,12,13)(H3,14,15). The summed E-state index contributed by atoms with van der Waals surface area (Å²) in [4.78, 5) is 0. The van der Waals surface area contributed by atoms with Crippen molar-refractivity contribution >= 4 is 56.4 Å². The third-order valence-electron chi connectivity index (χ3n) is 1.93. The van der Waals surface area contributed by atoms with E-state index in [1.54, 1.807) is 0 Å². The van der Waals surface area contributed by atoms with Crippen molar-refractivity contribution in [1.29, 1.82) is 10.8 Å². The highest BCUT2D eigenvalue weighted by Gasteiger charge is 2.05. The highest BCUT2D eigenvalue weighted by atomic mass is 127. The molecule has 6 N–H and O–H groups in total. The molecule has 0 aliphatic carbocycles. The van der Waals surface area contributed by atoms with Gasteiger partial charge in [0.05, 0.1) is 0 Å². The molecule has 0 bridgehead atoms. The van der Waals surface area contributed by atoms with Crippen LogP contribution in [0.15, 0.2) is 18.2 Å². The summed E-state index contributed by atoms with van der Waals surface area (Å²) in [5, 5.41) is 14.7. The number of benzene rings is 1. The van der Waals surface area contributed by atoms with Gasteiger partial charge in [0.15, 0.2) is 10.3 Å². The number of amidine groups is 2. The van der Waals surface area contributed by atoms with E-state index >= 15 is 0 Å². The number of hydrogen-bond acceptors (Lipinski definition) is 4. The topological polar surface area (TPSA) is 99.7 Å². The van der Waals surface area contributed by atoms with E-state index in [0.717, 1.165) is 14.7 Å². The molecule has 0 radical (unpaired) electrons. The minimum absolute atomic E-state index is 0.119. The van der Waals surface area contributed by atoms with Gasteiger partial charge in [0, 0.05) is 15.1 Å². The molecule has 92 valence electrons. The number of nitrogens with one attached hydrogen (secondary N) is 2. The molecule has 0 aliphatic heterocycles. The van der Waals surface area contributed by atoms with Gasteiger partial charge in [0.1, 0.15) is 0 Å². The van der Waals surface area contributed by atoms with Crippen LogP contribution in [0.5, 0.6) is 0 Å². The number of halogens is 1. The normalized spacial score (nSPS) is 10.2. The van der Waals surface area contributed by atoms with Crippen LogP contribution >= 0.6 is 46.1 Å². The highest BCUT2D eigenvalue weighted by molar-refractivity contribution is 14.1. The Kier molecular flexibility index (Phi) is 6.14. The second-order valence-electron chi connectivity index (χ2n) is 3.22. The molecular formula is C10H13IN4S2. The second-order valence-corrected chi connectivity index (χ2v) is 6.50. The first-order valence-electron chi connectivity index (χ1n) is 4.70. The zero-order valence-corrected chi connectivity index (χ0v) is 12.8. The fourth-order valence-electron chi connectivity index (χ4n) is 1.18. The van der Waals surface area contributed by atoms with E-state index in [2.05, 4.69) is 28.7 Å². The lowest BCUT2D eigenvalue weighted by Crippen LogP contribution is -2.06. The molecule has 17 heavy (non-hydrogen) atoms. The van der Waals surface area contributed by atoms with Gasteiger partial charge in [-0.15, -0.1) is 0 Å². The summed E-state index contributed by atoms with van der Waals surface area (Å²) in [5.41, 5.74) is 12.9. The van der Waals surface area contributed by atoms with E-state index in [1.165, 1.54) is 23.5 Å². The number of rotatable bonds is 4. The van der Waals surface area contributed by atoms with Crippen LogP contribution in [0.4, 0.5) is 0 Å². The second kappa shape index (κ2) is 7.12. The van der Waals surface area contributed by atoms with Gasteiger partial charge in [-0.1, -0.05) is 29.6 Å². The molecular weight excluding hydrogens is 367 g/mol. The van der Waals surface area contributed by atoms with Gasteiger partial charge in [-0.25, -0.2) is 0 Å². The maximum atomic E-state index is 7.22. The number of thioether (sulfide) groups is 2. The van der Waals surface area contributed by atoms with Gasteiger partial charge >= 0.3 is 0 Å². The first kappa shape index (κ1) is 14.7. The smallest absolute Gasteiger partial charge is 0.151 e. The maximum Gasteiger partial charge on any atom is 0.151 e. The van der Waals surface area contributed by atoms with Crippen LogP contribution in [-0.4, -0.2) is 10.3 Å². The lowest BCUT2D eigenvalue weighted by Gasteiger charge is -2.09. The molecule has 7 heteroatoms. The van der Waals surface area contributed by atoms with Gasteiger partial charge in [-0.3, -0.25) is 10.8 Å². The van der Waals surface area contributed by atoms with E-state index in [9.17, 15) is 0 Å². The Morgan fingerprint density at radius 1 is 1.06 bits per heavy atom. The summed E-state index contributed by atoms with van der Waals surface area (Å²) >= 11 is 4.86. The first-order chi connectivity index (χ1) is 7.99. The molecule has 0 saturated heterocycles. The van der Waals surface area contributed by atoms with Crippen molar-refractivity contribution in [2.75, 3.05) is 0 Å². The van der Waals surface area contributed by atoms with Crippen LogP contribution in [0.3, 0.4) is 0 Å². The Labute approximate surface area is 122 Å².